The highest BCUT2D eigenvalue weighted by molar-refractivity contribution is 9.10. The SMILES string of the molecule is CC(C)CNC(=O)[C@H](C)N(Cc1ccc(Br)cc1)C(=O)CN(c1ccc(C(C)(C)C)cc1)S(C)(=O)=O. The molecule has 0 bridgehead atoms. The van der Waals surface area contributed by atoms with Crippen LogP contribution in [0.2, 0.25) is 0 Å². The van der Waals surface area contributed by atoms with E-state index in [1.165, 1.54) is 4.90 Å². The number of nitrogens with one attached hydrogen (secondary N) is 1. The minimum Gasteiger partial charge on any atom is -0.354 e. The average Bonchev–Trinajstić information content (AvgIpc) is 2.78. The van der Waals surface area contributed by atoms with Crippen molar-refractivity contribution in [2.45, 2.75) is 59.5 Å². The van der Waals surface area contributed by atoms with Gasteiger partial charge in [0.1, 0.15) is 12.6 Å². The number of sulfonamides is 1. The molecule has 2 rings (SSSR count). The van der Waals surface area contributed by atoms with Crippen LogP contribution < -0.4 is 9.62 Å². The van der Waals surface area contributed by atoms with E-state index in [1.54, 1.807) is 19.1 Å². The van der Waals surface area contributed by atoms with E-state index in [-0.39, 0.29) is 23.8 Å². The summed E-state index contributed by atoms with van der Waals surface area (Å²) in [5.41, 5.74) is 2.19. The molecule has 1 N–H and O–H groups in total. The lowest BCUT2D eigenvalue weighted by Crippen LogP contribution is -2.51. The number of anilines is 1. The second-order valence-electron chi connectivity index (χ2n) is 10.5. The standard InChI is InChI=1S/C27H38BrN3O4S/c1-19(2)16-29-26(33)20(3)30(17-21-8-12-23(28)13-9-21)25(32)18-31(36(7,34)35)24-14-10-22(11-15-24)27(4,5)6/h8-15,19-20H,16-18H2,1-7H3,(H,29,33)/t20-/m0/s1. The molecule has 0 fully saturated rings. The molecule has 0 spiro atoms. The van der Waals surface area contributed by atoms with Crippen LogP contribution in [0.25, 0.3) is 0 Å². The highest BCUT2D eigenvalue weighted by Gasteiger charge is 2.30. The summed E-state index contributed by atoms with van der Waals surface area (Å²) in [6.07, 6.45) is 1.08. The third kappa shape index (κ3) is 8.62. The molecule has 0 aliphatic rings. The van der Waals surface area contributed by atoms with Gasteiger partial charge in [-0.3, -0.25) is 13.9 Å². The Morgan fingerprint density at radius 1 is 0.972 bits per heavy atom. The number of nitrogens with zero attached hydrogens (tertiary/aromatic N) is 2. The van der Waals surface area contributed by atoms with Crippen molar-refractivity contribution >= 4 is 43.5 Å². The van der Waals surface area contributed by atoms with Crippen molar-refractivity contribution in [1.29, 1.82) is 0 Å². The number of halogens is 1. The molecule has 2 aromatic rings. The average molecular weight is 581 g/mol. The van der Waals surface area contributed by atoms with E-state index in [9.17, 15) is 18.0 Å². The molecule has 0 aromatic heterocycles. The van der Waals surface area contributed by atoms with Crippen LogP contribution in [0.5, 0.6) is 0 Å². The van der Waals surface area contributed by atoms with Crippen molar-refractivity contribution in [1.82, 2.24) is 10.2 Å². The van der Waals surface area contributed by atoms with Gasteiger partial charge in [-0.05, 0) is 53.6 Å². The fourth-order valence-corrected chi connectivity index (χ4v) is 4.68. The normalized spacial score (nSPS) is 12.8. The molecule has 9 heteroatoms. The summed E-state index contributed by atoms with van der Waals surface area (Å²) in [6.45, 7) is 12.1. The van der Waals surface area contributed by atoms with Crippen LogP contribution >= 0.6 is 15.9 Å². The van der Waals surface area contributed by atoms with Crippen molar-refractivity contribution in [3.63, 3.8) is 0 Å². The largest absolute Gasteiger partial charge is 0.354 e. The molecule has 0 aliphatic carbocycles. The van der Waals surface area contributed by atoms with Gasteiger partial charge in [0.25, 0.3) is 0 Å². The minimum absolute atomic E-state index is 0.0927. The first-order chi connectivity index (χ1) is 16.6. The van der Waals surface area contributed by atoms with E-state index in [0.717, 1.165) is 26.2 Å². The molecular formula is C27H38BrN3O4S. The zero-order valence-corrected chi connectivity index (χ0v) is 24.6. The smallest absolute Gasteiger partial charge is 0.244 e. The van der Waals surface area contributed by atoms with Gasteiger partial charge in [-0.15, -0.1) is 0 Å². The zero-order valence-electron chi connectivity index (χ0n) is 22.2. The van der Waals surface area contributed by atoms with Gasteiger partial charge in [0, 0.05) is 17.6 Å². The molecule has 0 unspecified atom stereocenters. The topological polar surface area (TPSA) is 86.8 Å². The highest BCUT2D eigenvalue weighted by Crippen LogP contribution is 2.26. The summed E-state index contributed by atoms with van der Waals surface area (Å²) in [5.74, 6) is -0.487. The second-order valence-corrected chi connectivity index (χ2v) is 13.4. The third-order valence-corrected chi connectivity index (χ3v) is 7.49. The highest BCUT2D eigenvalue weighted by atomic mass is 79.9. The van der Waals surface area contributed by atoms with Crippen LogP contribution in [0, 0.1) is 5.92 Å². The van der Waals surface area contributed by atoms with Gasteiger partial charge in [-0.25, -0.2) is 8.42 Å². The first kappa shape index (κ1) is 29.8. The number of hydrogen-bond acceptors (Lipinski definition) is 4. The van der Waals surface area contributed by atoms with E-state index < -0.39 is 28.5 Å². The number of amides is 2. The van der Waals surface area contributed by atoms with E-state index in [0.29, 0.717) is 12.2 Å². The maximum Gasteiger partial charge on any atom is 0.244 e. The van der Waals surface area contributed by atoms with E-state index >= 15 is 0 Å². The maximum absolute atomic E-state index is 13.6. The Hall–Kier alpha value is -2.39. The fourth-order valence-electron chi connectivity index (χ4n) is 3.56. The Morgan fingerprint density at radius 2 is 1.53 bits per heavy atom. The quantitative estimate of drug-likeness (QED) is 0.442. The lowest BCUT2D eigenvalue weighted by molar-refractivity contribution is -0.139. The summed E-state index contributed by atoms with van der Waals surface area (Å²) in [6, 6.07) is 13.8. The van der Waals surface area contributed by atoms with Crippen molar-refractivity contribution in [2.75, 3.05) is 23.7 Å². The van der Waals surface area contributed by atoms with Crippen molar-refractivity contribution < 1.29 is 18.0 Å². The third-order valence-electron chi connectivity index (χ3n) is 5.82. The zero-order chi connectivity index (χ0) is 27.3. The predicted molar refractivity (Wildman–Crippen MR) is 149 cm³/mol. The summed E-state index contributed by atoms with van der Waals surface area (Å²) < 4.78 is 27.4. The molecule has 2 aromatic carbocycles. The van der Waals surface area contributed by atoms with Crippen LogP contribution in [-0.2, 0) is 31.6 Å². The summed E-state index contributed by atoms with van der Waals surface area (Å²) in [7, 11) is -3.76. The molecule has 0 aliphatic heterocycles. The van der Waals surface area contributed by atoms with E-state index in [2.05, 4.69) is 42.0 Å². The Kier molecular flexibility index (Phi) is 10.1. The summed E-state index contributed by atoms with van der Waals surface area (Å²) in [5, 5.41) is 2.88. The van der Waals surface area contributed by atoms with Crippen LogP contribution in [0.15, 0.2) is 53.0 Å². The number of hydrogen-bond donors (Lipinski definition) is 1. The molecule has 1 atom stereocenters. The van der Waals surface area contributed by atoms with E-state index in [4.69, 9.17) is 0 Å². The van der Waals surface area contributed by atoms with Gasteiger partial charge in [0.05, 0.1) is 11.9 Å². The van der Waals surface area contributed by atoms with Gasteiger partial charge in [-0.2, -0.15) is 0 Å². The Labute approximate surface area is 224 Å². The molecule has 36 heavy (non-hydrogen) atoms. The molecule has 0 radical (unpaired) electrons. The lowest BCUT2D eigenvalue weighted by atomic mass is 9.87. The van der Waals surface area contributed by atoms with Gasteiger partial charge in [-0.1, -0.05) is 74.8 Å². The molecule has 0 saturated carbocycles. The number of rotatable bonds is 10. The van der Waals surface area contributed by atoms with Crippen LogP contribution in [0.3, 0.4) is 0 Å². The number of carbonyl (C=O) groups excluding carboxylic acids is 2. The van der Waals surface area contributed by atoms with Crippen molar-refractivity contribution in [3.8, 4) is 0 Å². The van der Waals surface area contributed by atoms with Gasteiger partial charge in [0.15, 0.2) is 0 Å². The van der Waals surface area contributed by atoms with Gasteiger partial charge in [0.2, 0.25) is 21.8 Å². The van der Waals surface area contributed by atoms with Gasteiger partial charge < -0.3 is 10.2 Å². The monoisotopic (exact) mass is 579 g/mol. The maximum atomic E-state index is 13.6. The predicted octanol–water partition coefficient (Wildman–Crippen LogP) is 4.70. The first-order valence-corrected chi connectivity index (χ1v) is 14.6. The summed E-state index contributed by atoms with van der Waals surface area (Å²) >= 11 is 3.41. The lowest BCUT2D eigenvalue weighted by Gasteiger charge is -2.32. The van der Waals surface area contributed by atoms with Crippen LogP contribution in [0.4, 0.5) is 5.69 Å². The summed E-state index contributed by atoms with van der Waals surface area (Å²) in [4.78, 5) is 27.9. The molecule has 198 valence electrons. The molecule has 2 amide bonds. The number of benzene rings is 2. The molecule has 0 saturated heterocycles. The van der Waals surface area contributed by atoms with Crippen LogP contribution in [-0.4, -0.2) is 50.5 Å². The molecular weight excluding hydrogens is 542 g/mol. The molecule has 7 nitrogen and oxygen atoms in total. The van der Waals surface area contributed by atoms with Crippen LogP contribution in [0.1, 0.15) is 52.7 Å². The first-order valence-electron chi connectivity index (χ1n) is 12.0. The van der Waals surface area contributed by atoms with Crippen molar-refractivity contribution in [2.24, 2.45) is 5.92 Å². The Balaban J connectivity index is 2.37. The number of carbonyl (C=O) groups is 2. The Morgan fingerprint density at radius 3 is 2.00 bits per heavy atom. The fraction of sp³-hybridized carbons (Fsp3) is 0.481. The Bertz CT molecular complexity index is 1140. The van der Waals surface area contributed by atoms with E-state index in [1.807, 2.05) is 50.2 Å². The minimum atomic E-state index is -3.76. The molecule has 0 heterocycles. The van der Waals surface area contributed by atoms with Crippen molar-refractivity contribution in [3.05, 3.63) is 64.1 Å². The second kappa shape index (κ2) is 12.2. The van der Waals surface area contributed by atoms with Gasteiger partial charge >= 0.3 is 0 Å².